The van der Waals surface area contributed by atoms with Gasteiger partial charge in [0.15, 0.2) is 4.32 Å². The summed E-state index contributed by atoms with van der Waals surface area (Å²) in [7, 11) is -3.09. The molecule has 0 aromatic rings. The average Bonchev–Trinajstić information content (AvgIpc) is 3.26. The smallest absolute Gasteiger partial charge is 0.307 e. The Morgan fingerprint density at radius 2 is 1.28 bits per heavy atom. The highest BCUT2D eigenvalue weighted by Gasteiger charge is 2.46. The Morgan fingerprint density at radius 3 is 1.68 bits per heavy atom. The van der Waals surface area contributed by atoms with Crippen molar-refractivity contribution in [3.8, 4) is 0 Å². The van der Waals surface area contributed by atoms with Gasteiger partial charge in [-0.25, -0.2) is 0 Å². The molecule has 3 heterocycles. The molecular weight excluding hydrogens is 492 g/mol. The number of thiol groups is 2. The molecule has 0 aliphatic carbocycles. The van der Waals surface area contributed by atoms with Crippen LogP contribution >= 0.6 is 103 Å². The van der Waals surface area contributed by atoms with E-state index >= 15 is 0 Å². The first-order valence-electron chi connectivity index (χ1n) is 7.40. The number of rotatable bonds is 7. The average molecular weight is 509 g/mol. The van der Waals surface area contributed by atoms with Crippen molar-refractivity contribution in [3.05, 3.63) is 26.8 Å². The van der Waals surface area contributed by atoms with E-state index in [1.807, 2.05) is 37.4 Å². The molecule has 0 atom stereocenters. The standard InChI is InChI=1S/C13H17O3PS8/c1-3-15-17(14,16-4-2)13-24-11-12(25-13)23-10(22-11)9-20-7(5-18)8(6-19)21-9/h13,18-19H,3-6H2,1-2H3. The molecule has 140 valence electrons. The summed E-state index contributed by atoms with van der Waals surface area (Å²) < 4.78 is 28.8. The van der Waals surface area contributed by atoms with Crippen molar-refractivity contribution < 1.29 is 13.6 Å². The van der Waals surface area contributed by atoms with Gasteiger partial charge in [0.2, 0.25) is 0 Å². The molecule has 0 fully saturated rings. The van der Waals surface area contributed by atoms with Gasteiger partial charge in [-0.3, -0.25) is 4.57 Å². The van der Waals surface area contributed by atoms with Gasteiger partial charge in [0.25, 0.3) is 0 Å². The van der Waals surface area contributed by atoms with Crippen LogP contribution in [0.4, 0.5) is 0 Å². The zero-order valence-corrected chi connectivity index (χ0v) is 21.0. The lowest BCUT2D eigenvalue weighted by Gasteiger charge is -2.22. The Bertz CT molecular complexity index is 641. The highest BCUT2D eigenvalue weighted by atomic mass is 32.3. The SMILES string of the molecule is CCOP(=O)(OCC)C1SC2=C(SC(=C3SC(CS)=C(CS)S3)S2)S1. The van der Waals surface area contributed by atoms with E-state index in [9.17, 15) is 4.57 Å². The number of thioether (sulfide) groups is 6. The van der Waals surface area contributed by atoms with Gasteiger partial charge in [-0.1, -0.05) is 70.6 Å². The van der Waals surface area contributed by atoms with Crippen LogP contribution in [0.3, 0.4) is 0 Å². The molecule has 0 radical (unpaired) electrons. The van der Waals surface area contributed by atoms with Gasteiger partial charge in [-0.05, 0) is 13.8 Å². The zero-order chi connectivity index (χ0) is 18.0. The minimum absolute atomic E-state index is 0.202. The third-order valence-corrected chi connectivity index (χ3v) is 16.7. The minimum atomic E-state index is -3.09. The lowest BCUT2D eigenvalue weighted by atomic mass is 10.6. The van der Waals surface area contributed by atoms with Crippen LogP contribution in [0.5, 0.6) is 0 Å². The van der Waals surface area contributed by atoms with Crippen LogP contribution in [-0.4, -0.2) is 29.0 Å². The summed E-state index contributed by atoms with van der Waals surface area (Å²) in [6.45, 7) is 4.49. The molecule has 0 bridgehead atoms. The highest BCUT2D eigenvalue weighted by molar-refractivity contribution is 8.48. The number of hydrogen-bond acceptors (Lipinski definition) is 11. The summed E-state index contributed by atoms with van der Waals surface area (Å²) >= 11 is 19.2. The van der Waals surface area contributed by atoms with Crippen LogP contribution in [0.15, 0.2) is 26.8 Å². The molecule has 3 aliphatic heterocycles. The number of hydrogen-bond donors (Lipinski definition) is 2. The van der Waals surface area contributed by atoms with Crippen molar-refractivity contribution in [2.45, 2.75) is 18.2 Å². The highest BCUT2D eigenvalue weighted by Crippen LogP contribution is 2.75. The second-order valence-electron chi connectivity index (χ2n) is 4.64. The van der Waals surface area contributed by atoms with Gasteiger partial charge in [0, 0.05) is 21.3 Å². The maximum absolute atomic E-state index is 13.0. The second kappa shape index (κ2) is 9.78. The molecular formula is C13H17O3PS8. The molecule has 0 aromatic heterocycles. The third-order valence-electron chi connectivity index (χ3n) is 3.03. The predicted molar refractivity (Wildman–Crippen MR) is 129 cm³/mol. The van der Waals surface area contributed by atoms with E-state index in [4.69, 9.17) is 9.05 Å². The van der Waals surface area contributed by atoms with Gasteiger partial charge >= 0.3 is 7.60 Å². The Morgan fingerprint density at radius 1 is 0.840 bits per heavy atom. The molecule has 0 spiro atoms. The normalized spacial score (nSPS) is 21.9. The van der Waals surface area contributed by atoms with E-state index in [2.05, 4.69) is 25.3 Å². The molecule has 3 nitrogen and oxygen atoms in total. The molecule has 0 aromatic carbocycles. The predicted octanol–water partition coefficient (Wildman–Crippen LogP) is 7.30. The minimum Gasteiger partial charge on any atom is -0.307 e. The summed E-state index contributed by atoms with van der Waals surface area (Å²) in [4.78, 5) is 2.60. The van der Waals surface area contributed by atoms with Crippen LogP contribution in [-0.2, 0) is 13.6 Å². The van der Waals surface area contributed by atoms with Crippen LogP contribution in [0.2, 0.25) is 0 Å². The van der Waals surface area contributed by atoms with E-state index in [-0.39, 0.29) is 4.32 Å². The molecule has 3 aliphatic rings. The van der Waals surface area contributed by atoms with Crippen molar-refractivity contribution in [2.24, 2.45) is 0 Å². The molecule has 12 heteroatoms. The summed E-state index contributed by atoms with van der Waals surface area (Å²) in [5, 5.41) is 0. The lowest BCUT2D eigenvalue weighted by molar-refractivity contribution is 0.223. The quantitative estimate of drug-likeness (QED) is 0.272. The molecule has 0 saturated carbocycles. The van der Waals surface area contributed by atoms with Gasteiger partial charge in [0.1, 0.15) is 0 Å². The third kappa shape index (κ3) is 4.85. The molecule has 0 amide bonds. The van der Waals surface area contributed by atoms with E-state index in [0.717, 1.165) is 11.5 Å². The van der Waals surface area contributed by atoms with Crippen LogP contribution < -0.4 is 0 Å². The van der Waals surface area contributed by atoms with E-state index in [1.54, 1.807) is 47.0 Å². The summed E-state index contributed by atoms with van der Waals surface area (Å²) in [6.07, 6.45) is 0. The van der Waals surface area contributed by atoms with Crippen molar-refractivity contribution >= 4 is 103 Å². The van der Waals surface area contributed by atoms with Crippen molar-refractivity contribution in [2.75, 3.05) is 24.7 Å². The Balaban J connectivity index is 1.66. The zero-order valence-electron chi connectivity index (χ0n) is 13.4. The van der Waals surface area contributed by atoms with Gasteiger partial charge < -0.3 is 9.05 Å². The molecule has 0 N–H and O–H groups in total. The molecule has 25 heavy (non-hydrogen) atoms. The lowest BCUT2D eigenvalue weighted by Crippen LogP contribution is -2.04. The van der Waals surface area contributed by atoms with E-state index < -0.39 is 7.60 Å². The second-order valence-corrected chi connectivity index (χ2v) is 15.9. The monoisotopic (exact) mass is 508 g/mol. The van der Waals surface area contributed by atoms with Gasteiger partial charge in [-0.15, -0.1) is 0 Å². The van der Waals surface area contributed by atoms with Crippen LogP contribution in [0.25, 0.3) is 0 Å². The summed E-state index contributed by atoms with van der Waals surface area (Å²) in [6, 6.07) is 0. The first kappa shape index (κ1) is 21.9. The molecule has 3 rings (SSSR count). The fraction of sp³-hybridized carbons (Fsp3) is 0.538. The first-order chi connectivity index (χ1) is 12.0. The molecule has 0 unspecified atom stereocenters. The Kier molecular flexibility index (Phi) is 8.56. The van der Waals surface area contributed by atoms with Crippen molar-refractivity contribution in [3.63, 3.8) is 0 Å². The fourth-order valence-corrected chi connectivity index (χ4v) is 15.9. The van der Waals surface area contributed by atoms with Crippen molar-refractivity contribution in [1.29, 1.82) is 0 Å². The maximum atomic E-state index is 13.0. The topological polar surface area (TPSA) is 35.5 Å². The maximum Gasteiger partial charge on any atom is 0.354 e. The van der Waals surface area contributed by atoms with E-state index in [1.165, 1.54) is 26.8 Å². The fourth-order valence-electron chi connectivity index (χ4n) is 2.04. The van der Waals surface area contributed by atoms with E-state index in [0.29, 0.717) is 13.2 Å². The van der Waals surface area contributed by atoms with Gasteiger partial charge in [0.05, 0.1) is 30.2 Å². The Labute approximate surface area is 185 Å². The van der Waals surface area contributed by atoms with Crippen LogP contribution in [0, 0.1) is 0 Å². The first-order valence-corrected chi connectivity index (χ1v) is 15.3. The Hall–Kier alpha value is 2.17. The van der Waals surface area contributed by atoms with Gasteiger partial charge in [-0.2, -0.15) is 25.3 Å². The largest absolute Gasteiger partial charge is 0.354 e. The molecule has 0 saturated heterocycles. The summed E-state index contributed by atoms with van der Waals surface area (Å²) in [5.41, 5.74) is 0. The van der Waals surface area contributed by atoms with Crippen molar-refractivity contribution in [1.82, 2.24) is 0 Å². The summed E-state index contributed by atoms with van der Waals surface area (Å²) in [5.74, 6) is 1.51. The van der Waals surface area contributed by atoms with Crippen LogP contribution in [0.1, 0.15) is 13.8 Å².